The Bertz CT molecular complexity index is 303. The molecule has 114 valence electrons. The van der Waals surface area contributed by atoms with Crippen LogP contribution in [0.3, 0.4) is 0 Å². The second-order valence-corrected chi connectivity index (χ2v) is 7.06. The maximum Gasteiger partial charge on any atom is 0.108 e. The smallest absolute Gasteiger partial charge is 0.108 e. The first-order valence-corrected chi connectivity index (χ1v) is 7.76. The zero-order valence-electron chi connectivity index (χ0n) is 13.5. The van der Waals surface area contributed by atoms with Crippen molar-refractivity contribution in [3.8, 4) is 0 Å². The fourth-order valence-corrected chi connectivity index (χ4v) is 4.40. The Labute approximate surface area is 125 Å². The first kappa shape index (κ1) is 17.3. The van der Waals surface area contributed by atoms with E-state index < -0.39 is 0 Å². The van der Waals surface area contributed by atoms with Crippen molar-refractivity contribution in [1.29, 1.82) is 0 Å². The van der Waals surface area contributed by atoms with Gasteiger partial charge in [-0.25, -0.2) is 0 Å². The quantitative estimate of drug-likeness (QED) is 0.699. The lowest BCUT2D eigenvalue weighted by Crippen LogP contribution is -2.43. The SMILES string of the molecule is CCN(CC)C(C)OC1CC2CCC1(C)C2(C)C.Cl. The van der Waals surface area contributed by atoms with Gasteiger partial charge in [0.05, 0.1) is 6.10 Å². The van der Waals surface area contributed by atoms with Gasteiger partial charge in [-0.3, -0.25) is 4.90 Å². The van der Waals surface area contributed by atoms with Gasteiger partial charge in [-0.05, 0) is 56.0 Å². The molecule has 4 atom stereocenters. The lowest BCUT2D eigenvalue weighted by atomic mass is 9.70. The summed E-state index contributed by atoms with van der Waals surface area (Å²) in [5.41, 5.74) is 0.847. The second-order valence-electron chi connectivity index (χ2n) is 7.06. The molecule has 2 nitrogen and oxygen atoms in total. The highest BCUT2D eigenvalue weighted by atomic mass is 35.5. The first-order valence-electron chi connectivity index (χ1n) is 7.76. The van der Waals surface area contributed by atoms with Gasteiger partial charge in [0.1, 0.15) is 6.23 Å². The molecule has 2 rings (SSSR count). The van der Waals surface area contributed by atoms with Gasteiger partial charge in [0.2, 0.25) is 0 Å². The van der Waals surface area contributed by atoms with Gasteiger partial charge in [0.25, 0.3) is 0 Å². The molecule has 0 radical (unpaired) electrons. The number of ether oxygens (including phenoxy) is 1. The van der Waals surface area contributed by atoms with Crippen LogP contribution in [0.1, 0.15) is 60.8 Å². The van der Waals surface area contributed by atoms with E-state index in [2.05, 4.69) is 46.4 Å². The van der Waals surface area contributed by atoms with Crippen LogP contribution in [0.2, 0.25) is 0 Å². The molecular formula is C16H32ClNO. The molecule has 0 aliphatic heterocycles. The van der Waals surface area contributed by atoms with Crippen molar-refractivity contribution in [3.05, 3.63) is 0 Å². The Morgan fingerprint density at radius 1 is 1.21 bits per heavy atom. The van der Waals surface area contributed by atoms with Gasteiger partial charge in [-0.15, -0.1) is 12.4 Å². The summed E-state index contributed by atoms with van der Waals surface area (Å²) in [5.74, 6) is 0.872. The van der Waals surface area contributed by atoms with E-state index in [1.165, 1.54) is 19.3 Å². The van der Waals surface area contributed by atoms with Crippen LogP contribution < -0.4 is 0 Å². The van der Waals surface area contributed by atoms with Crippen LogP contribution in [0.15, 0.2) is 0 Å². The van der Waals surface area contributed by atoms with Crippen LogP contribution in [0.25, 0.3) is 0 Å². The molecule has 0 spiro atoms. The van der Waals surface area contributed by atoms with Crippen LogP contribution >= 0.6 is 12.4 Å². The number of nitrogens with zero attached hydrogens (tertiary/aromatic N) is 1. The van der Waals surface area contributed by atoms with Crippen LogP contribution in [0.4, 0.5) is 0 Å². The monoisotopic (exact) mass is 289 g/mol. The molecule has 2 aliphatic rings. The summed E-state index contributed by atoms with van der Waals surface area (Å²) < 4.78 is 6.45. The van der Waals surface area contributed by atoms with Crippen LogP contribution in [-0.2, 0) is 4.74 Å². The Kier molecular flexibility index (Phi) is 5.37. The van der Waals surface area contributed by atoms with E-state index in [-0.39, 0.29) is 18.6 Å². The molecule has 3 heteroatoms. The zero-order valence-corrected chi connectivity index (χ0v) is 14.3. The lowest BCUT2D eigenvalue weighted by molar-refractivity contribution is -0.133. The Balaban J connectivity index is 0.00000180. The van der Waals surface area contributed by atoms with E-state index in [1.807, 2.05) is 0 Å². The fourth-order valence-electron chi connectivity index (χ4n) is 4.40. The molecule has 0 N–H and O–H groups in total. The molecule has 19 heavy (non-hydrogen) atoms. The fraction of sp³-hybridized carbons (Fsp3) is 1.00. The molecule has 0 aromatic rings. The summed E-state index contributed by atoms with van der Waals surface area (Å²) in [5, 5.41) is 0. The molecule has 4 unspecified atom stereocenters. The van der Waals surface area contributed by atoms with Gasteiger partial charge >= 0.3 is 0 Å². The normalized spacial score (nSPS) is 37.4. The van der Waals surface area contributed by atoms with Gasteiger partial charge in [0.15, 0.2) is 0 Å². The summed E-state index contributed by atoms with van der Waals surface area (Å²) >= 11 is 0. The minimum atomic E-state index is 0. The molecule has 0 aromatic heterocycles. The topological polar surface area (TPSA) is 12.5 Å². The van der Waals surface area contributed by atoms with E-state index in [9.17, 15) is 0 Å². The predicted octanol–water partition coefficient (Wildman–Crippen LogP) is 4.33. The van der Waals surface area contributed by atoms with Crippen LogP contribution in [-0.4, -0.2) is 30.3 Å². The number of fused-ring (bicyclic) bond motifs is 2. The minimum absolute atomic E-state index is 0. The maximum absolute atomic E-state index is 6.45. The average Bonchev–Trinajstić information content (AvgIpc) is 2.63. The lowest BCUT2D eigenvalue weighted by Gasteiger charge is -2.41. The highest BCUT2D eigenvalue weighted by Gasteiger charge is 2.62. The predicted molar refractivity (Wildman–Crippen MR) is 83.7 cm³/mol. The van der Waals surface area contributed by atoms with Crippen LogP contribution in [0.5, 0.6) is 0 Å². The molecule has 0 heterocycles. The molecule has 0 amide bonds. The highest BCUT2D eigenvalue weighted by molar-refractivity contribution is 5.85. The second kappa shape index (κ2) is 5.91. The standard InChI is InChI=1S/C16H31NO.ClH/c1-7-17(8-2)12(3)18-14-11-13-9-10-16(14,6)15(13,4)5;/h12-14H,7-11H2,1-6H3;1H. The minimum Gasteiger partial charge on any atom is -0.360 e. The van der Waals surface area contributed by atoms with E-state index in [0.717, 1.165) is 19.0 Å². The van der Waals surface area contributed by atoms with Crippen LogP contribution in [0, 0.1) is 16.7 Å². The van der Waals surface area contributed by atoms with Crippen molar-refractivity contribution in [1.82, 2.24) is 4.90 Å². The summed E-state index contributed by atoms with van der Waals surface area (Å²) in [6, 6.07) is 0. The summed E-state index contributed by atoms with van der Waals surface area (Å²) in [7, 11) is 0. The number of hydrogen-bond acceptors (Lipinski definition) is 2. The third kappa shape index (κ3) is 2.56. The van der Waals surface area contributed by atoms with Gasteiger partial charge in [-0.2, -0.15) is 0 Å². The third-order valence-electron chi connectivity index (χ3n) is 6.40. The van der Waals surface area contributed by atoms with Gasteiger partial charge in [-0.1, -0.05) is 34.6 Å². The molecular weight excluding hydrogens is 258 g/mol. The third-order valence-corrected chi connectivity index (χ3v) is 6.40. The molecule has 0 saturated heterocycles. The summed E-state index contributed by atoms with van der Waals surface area (Å²) in [6.07, 6.45) is 4.75. The van der Waals surface area contributed by atoms with Crippen molar-refractivity contribution in [2.24, 2.45) is 16.7 Å². The molecule has 2 saturated carbocycles. The largest absolute Gasteiger partial charge is 0.360 e. The van der Waals surface area contributed by atoms with Crippen molar-refractivity contribution in [2.75, 3.05) is 13.1 Å². The van der Waals surface area contributed by atoms with Crippen molar-refractivity contribution < 1.29 is 4.74 Å². The first-order chi connectivity index (χ1) is 8.36. The average molecular weight is 290 g/mol. The Morgan fingerprint density at radius 2 is 1.79 bits per heavy atom. The summed E-state index contributed by atoms with van der Waals surface area (Å²) in [4.78, 5) is 2.41. The molecule has 2 fully saturated rings. The van der Waals surface area contributed by atoms with Gasteiger partial charge in [0, 0.05) is 0 Å². The van der Waals surface area contributed by atoms with E-state index in [1.54, 1.807) is 0 Å². The van der Waals surface area contributed by atoms with Crippen molar-refractivity contribution in [3.63, 3.8) is 0 Å². The van der Waals surface area contributed by atoms with Crippen molar-refractivity contribution >= 4 is 12.4 Å². The highest BCUT2D eigenvalue weighted by Crippen LogP contribution is 2.66. The molecule has 0 aromatic carbocycles. The number of hydrogen-bond donors (Lipinski definition) is 0. The Hall–Kier alpha value is 0.210. The van der Waals surface area contributed by atoms with E-state index in [4.69, 9.17) is 4.74 Å². The van der Waals surface area contributed by atoms with Gasteiger partial charge < -0.3 is 4.74 Å². The number of halogens is 1. The maximum atomic E-state index is 6.45. The molecule has 2 aliphatic carbocycles. The Morgan fingerprint density at radius 3 is 2.16 bits per heavy atom. The number of rotatable bonds is 5. The van der Waals surface area contributed by atoms with Crippen molar-refractivity contribution in [2.45, 2.75) is 73.1 Å². The molecule has 2 bridgehead atoms. The van der Waals surface area contributed by atoms with E-state index >= 15 is 0 Å². The van der Waals surface area contributed by atoms with E-state index in [0.29, 0.717) is 16.9 Å². The summed E-state index contributed by atoms with van der Waals surface area (Å²) in [6.45, 7) is 16.2. The zero-order chi connectivity index (χ0) is 13.6.